The Morgan fingerprint density at radius 2 is 1.81 bits per heavy atom. The number of amides is 1. The molecule has 122 valence electrons. The first-order valence-corrected chi connectivity index (χ1v) is 9.02. The Bertz CT molecular complexity index is 493. The van der Waals surface area contributed by atoms with Crippen LogP contribution in [0.4, 0.5) is 0 Å². The van der Waals surface area contributed by atoms with Gasteiger partial charge in [0.2, 0.25) is 5.91 Å². The summed E-state index contributed by atoms with van der Waals surface area (Å²) in [7, 11) is -3.46. The van der Waals surface area contributed by atoms with E-state index in [4.69, 9.17) is 0 Å². The van der Waals surface area contributed by atoms with E-state index in [0.717, 1.165) is 12.8 Å². The van der Waals surface area contributed by atoms with Crippen molar-refractivity contribution in [3.05, 3.63) is 12.7 Å². The van der Waals surface area contributed by atoms with Gasteiger partial charge in [0.05, 0.1) is 5.75 Å². The Morgan fingerprint density at radius 1 is 1.33 bits per heavy atom. The SMILES string of the molecule is C=CCS(=O)(=O)C(C)C(=O)NC1CC(C)(C)NC(C)(C)C1. The molecule has 1 aliphatic heterocycles. The van der Waals surface area contributed by atoms with E-state index >= 15 is 0 Å². The lowest BCUT2D eigenvalue weighted by Gasteiger charge is -2.46. The topological polar surface area (TPSA) is 75.3 Å². The first-order valence-electron chi connectivity index (χ1n) is 7.31. The molecule has 1 aliphatic rings. The molecule has 1 fully saturated rings. The van der Waals surface area contributed by atoms with Gasteiger partial charge in [-0.2, -0.15) is 0 Å². The Labute approximate surface area is 128 Å². The number of nitrogens with one attached hydrogen (secondary N) is 2. The van der Waals surface area contributed by atoms with E-state index in [-0.39, 0.29) is 22.9 Å². The highest BCUT2D eigenvalue weighted by atomic mass is 32.2. The van der Waals surface area contributed by atoms with Crippen molar-refractivity contribution in [3.8, 4) is 0 Å². The lowest BCUT2D eigenvalue weighted by atomic mass is 9.79. The van der Waals surface area contributed by atoms with Crippen LogP contribution in [0.1, 0.15) is 47.5 Å². The summed E-state index contributed by atoms with van der Waals surface area (Å²) in [5, 5.41) is 5.39. The third kappa shape index (κ3) is 5.11. The standard InChI is InChI=1S/C15H28N2O3S/c1-7-8-21(19,20)11(2)13(18)16-12-9-14(3,4)17-15(5,6)10-12/h7,11-12,17H,1,8-10H2,2-6H3,(H,16,18). The second-order valence-corrected chi connectivity index (χ2v) is 9.63. The molecule has 0 aromatic carbocycles. The molecule has 6 heteroatoms. The maximum atomic E-state index is 12.2. The maximum absolute atomic E-state index is 12.2. The molecule has 0 spiro atoms. The number of hydrogen-bond acceptors (Lipinski definition) is 4. The number of piperidine rings is 1. The van der Waals surface area contributed by atoms with Crippen molar-refractivity contribution in [1.82, 2.24) is 10.6 Å². The highest BCUT2D eigenvalue weighted by Gasteiger charge is 2.39. The van der Waals surface area contributed by atoms with Crippen molar-refractivity contribution in [2.75, 3.05) is 5.75 Å². The van der Waals surface area contributed by atoms with Gasteiger partial charge in [0.1, 0.15) is 5.25 Å². The van der Waals surface area contributed by atoms with E-state index in [1.54, 1.807) is 0 Å². The second-order valence-electron chi connectivity index (χ2n) is 7.27. The fraction of sp³-hybridized carbons (Fsp3) is 0.800. The summed E-state index contributed by atoms with van der Waals surface area (Å²) >= 11 is 0. The summed E-state index contributed by atoms with van der Waals surface area (Å²) in [6.45, 7) is 13.2. The van der Waals surface area contributed by atoms with E-state index < -0.39 is 21.0 Å². The highest BCUT2D eigenvalue weighted by Crippen LogP contribution is 2.28. The molecule has 0 bridgehead atoms. The first-order chi connectivity index (χ1) is 9.38. The van der Waals surface area contributed by atoms with Crippen LogP contribution in [0.15, 0.2) is 12.7 Å². The average molecular weight is 316 g/mol. The van der Waals surface area contributed by atoms with Gasteiger partial charge in [-0.25, -0.2) is 8.42 Å². The van der Waals surface area contributed by atoms with Gasteiger partial charge in [-0.15, -0.1) is 6.58 Å². The van der Waals surface area contributed by atoms with Crippen LogP contribution < -0.4 is 10.6 Å². The number of sulfone groups is 1. The molecule has 1 unspecified atom stereocenters. The largest absolute Gasteiger partial charge is 0.352 e. The first kappa shape index (κ1) is 18.2. The second kappa shape index (κ2) is 6.08. The quantitative estimate of drug-likeness (QED) is 0.752. The molecule has 5 nitrogen and oxygen atoms in total. The zero-order chi connectivity index (χ0) is 16.5. The van der Waals surface area contributed by atoms with Crippen LogP contribution in [0.25, 0.3) is 0 Å². The summed E-state index contributed by atoms with van der Waals surface area (Å²) in [6, 6.07) is -0.0230. The summed E-state index contributed by atoms with van der Waals surface area (Å²) in [5.41, 5.74) is -0.189. The minimum absolute atomic E-state index is 0.0230. The molecule has 0 aliphatic carbocycles. The molecule has 1 heterocycles. The van der Waals surface area contributed by atoms with Gasteiger partial charge < -0.3 is 10.6 Å². The number of hydrogen-bond donors (Lipinski definition) is 2. The van der Waals surface area contributed by atoms with Crippen molar-refractivity contribution in [3.63, 3.8) is 0 Å². The number of rotatable bonds is 5. The summed E-state index contributed by atoms with van der Waals surface area (Å²) < 4.78 is 23.8. The van der Waals surface area contributed by atoms with Crippen LogP contribution in [0.3, 0.4) is 0 Å². The molecule has 1 rings (SSSR count). The monoisotopic (exact) mass is 316 g/mol. The van der Waals surface area contributed by atoms with Gasteiger partial charge in [-0.05, 0) is 47.5 Å². The van der Waals surface area contributed by atoms with Gasteiger partial charge in [0, 0.05) is 17.1 Å². The zero-order valence-electron chi connectivity index (χ0n) is 13.7. The molecule has 2 N–H and O–H groups in total. The van der Waals surface area contributed by atoms with E-state index in [2.05, 4.69) is 44.9 Å². The molecule has 0 saturated carbocycles. The van der Waals surface area contributed by atoms with Crippen molar-refractivity contribution in [1.29, 1.82) is 0 Å². The minimum atomic E-state index is -3.46. The Hall–Kier alpha value is -0.880. The minimum Gasteiger partial charge on any atom is -0.352 e. The third-order valence-electron chi connectivity index (χ3n) is 3.79. The van der Waals surface area contributed by atoms with Crippen molar-refractivity contribution in [2.24, 2.45) is 0 Å². The van der Waals surface area contributed by atoms with Gasteiger partial charge in [0.15, 0.2) is 9.84 Å². The molecule has 21 heavy (non-hydrogen) atoms. The van der Waals surface area contributed by atoms with E-state index in [1.807, 2.05) is 0 Å². The predicted molar refractivity (Wildman–Crippen MR) is 85.9 cm³/mol. The highest BCUT2D eigenvalue weighted by molar-refractivity contribution is 7.92. The maximum Gasteiger partial charge on any atom is 0.238 e. The van der Waals surface area contributed by atoms with Crippen LogP contribution in [-0.2, 0) is 14.6 Å². The number of carbonyl (C=O) groups is 1. The lowest BCUT2D eigenvalue weighted by Crippen LogP contribution is -2.62. The summed E-state index contributed by atoms with van der Waals surface area (Å²) in [6.07, 6.45) is 2.86. The van der Waals surface area contributed by atoms with Crippen LogP contribution >= 0.6 is 0 Å². The van der Waals surface area contributed by atoms with Crippen LogP contribution in [0.2, 0.25) is 0 Å². The van der Waals surface area contributed by atoms with Gasteiger partial charge >= 0.3 is 0 Å². The summed E-state index contributed by atoms with van der Waals surface area (Å²) in [4.78, 5) is 12.2. The Morgan fingerprint density at radius 3 is 2.24 bits per heavy atom. The van der Waals surface area contributed by atoms with Gasteiger partial charge in [0.25, 0.3) is 0 Å². The molecule has 1 saturated heterocycles. The smallest absolute Gasteiger partial charge is 0.238 e. The van der Waals surface area contributed by atoms with Crippen LogP contribution in [0, 0.1) is 0 Å². The van der Waals surface area contributed by atoms with Crippen LogP contribution in [0.5, 0.6) is 0 Å². The van der Waals surface area contributed by atoms with E-state index in [0.29, 0.717) is 0 Å². The van der Waals surface area contributed by atoms with Crippen molar-refractivity contribution in [2.45, 2.75) is 69.8 Å². The fourth-order valence-electron chi connectivity index (χ4n) is 3.21. The van der Waals surface area contributed by atoms with E-state index in [1.165, 1.54) is 13.0 Å². The molecular weight excluding hydrogens is 288 g/mol. The normalized spacial score (nSPS) is 23.3. The molecule has 0 radical (unpaired) electrons. The van der Waals surface area contributed by atoms with Crippen molar-refractivity contribution < 1.29 is 13.2 Å². The zero-order valence-corrected chi connectivity index (χ0v) is 14.5. The Kier molecular flexibility index (Phi) is 5.26. The van der Waals surface area contributed by atoms with E-state index in [9.17, 15) is 13.2 Å². The summed E-state index contributed by atoms with van der Waals surface area (Å²) in [5.74, 6) is -0.597. The number of carbonyl (C=O) groups excluding carboxylic acids is 1. The average Bonchev–Trinajstić information content (AvgIpc) is 2.23. The Balaban J connectivity index is 2.77. The van der Waals surface area contributed by atoms with Crippen LogP contribution in [-0.4, -0.2) is 42.4 Å². The molecule has 1 atom stereocenters. The molecule has 1 amide bonds. The third-order valence-corrected chi connectivity index (χ3v) is 5.79. The molecule has 0 aromatic rings. The molecule has 0 aromatic heterocycles. The van der Waals surface area contributed by atoms with Gasteiger partial charge in [-0.3, -0.25) is 4.79 Å². The fourth-order valence-corrected chi connectivity index (χ4v) is 4.23. The van der Waals surface area contributed by atoms with Crippen molar-refractivity contribution >= 4 is 15.7 Å². The lowest BCUT2D eigenvalue weighted by molar-refractivity contribution is -0.121. The van der Waals surface area contributed by atoms with Gasteiger partial charge in [-0.1, -0.05) is 6.08 Å². The predicted octanol–water partition coefficient (Wildman–Crippen LogP) is 1.40. The molecular formula is C15H28N2O3S.